The van der Waals surface area contributed by atoms with Crippen LogP contribution in [0.4, 0.5) is 5.00 Å². The summed E-state index contributed by atoms with van der Waals surface area (Å²) in [5, 5.41) is 6.45. The molecule has 0 unspecified atom stereocenters. The molecule has 1 aromatic rings. The fourth-order valence-electron chi connectivity index (χ4n) is 3.25. The summed E-state index contributed by atoms with van der Waals surface area (Å²) in [6, 6.07) is 2.18. The van der Waals surface area contributed by atoms with E-state index in [1.807, 2.05) is 6.92 Å². The van der Waals surface area contributed by atoms with Gasteiger partial charge in [0, 0.05) is 37.1 Å². The van der Waals surface area contributed by atoms with Gasteiger partial charge >= 0.3 is 5.97 Å². The van der Waals surface area contributed by atoms with Crippen LogP contribution >= 0.6 is 11.3 Å². The molecule has 0 radical (unpaired) electrons. The van der Waals surface area contributed by atoms with Crippen molar-refractivity contribution in [1.82, 2.24) is 15.1 Å². The molecular formula is C20H30N4O4S. The van der Waals surface area contributed by atoms with Crippen LogP contribution in [0.2, 0.25) is 0 Å². The van der Waals surface area contributed by atoms with Crippen LogP contribution < -0.4 is 10.6 Å². The van der Waals surface area contributed by atoms with Crippen molar-refractivity contribution in [2.75, 3.05) is 51.2 Å². The Kier molecular flexibility index (Phi) is 7.63. The van der Waals surface area contributed by atoms with Crippen molar-refractivity contribution < 1.29 is 19.1 Å². The summed E-state index contributed by atoms with van der Waals surface area (Å²) < 4.78 is 5.10. The molecule has 2 N–H and O–H groups in total. The predicted molar refractivity (Wildman–Crippen MR) is 112 cm³/mol. The molecule has 0 atom stereocenters. The minimum absolute atomic E-state index is 0.0922. The largest absolute Gasteiger partial charge is 0.462 e. The first kappa shape index (κ1) is 21.7. The number of nitrogens with one attached hydrogen (secondary N) is 2. The average Bonchev–Trinajstić information content (AvgIpc) is 3.40. The molecule has 2 heterocycles. The van der Waals surface area contributed by atoms with E-state index in [0.717, 1.165) is 50.3 Å². The molecule has 8 nitrogen and oxygen atoms in total. The van der Waals surface area contributed by atoms with Gasteiger partial charge in [-0.1, -0.05) is 6.92 Å². The minimum Gasteiger partial charge on any atom is -0.462 e. The molecule has 160 valence electrons. The van der Waals surface area contributed by atoms with Gasteiger partial charge in [-0.3, -0.25) is 19.4 Å². The van der Waals surface area contributed by atoms with E-state index in [1.165, 1.54) is 11.3 Å². The average molecular weight is 423 g/mol. The van der Waals surface area contributed by atoms with E-state index in [1.54, 1.807) is 13.0 Å². The van der Waals surface area contributed by atoms with E-state index in [0.29, 0.717) is 29.8 Å². The van der Waals surface area contributed by atoms with E-state index in [4.69, 9.17) is 4.74 Å². The molecule has 1 aliphatic heterocycles. The van der Waals surface area contributed by atoms with Gasteiger partial charge in [-0.15, -0.1) is 11.3 Å². The number of aryl methyl sites for hydroxylation is 1. The second kappa shape index (κ2) is 10.2. The topological polar surface area (TPSA) is 91.0 Å². The fraction of sp³-hybridized carbons (Fsp3) is 0.650. The number of esters is 1. The molecule has 2 aliphatic rings. The highest BCUT2D eigenvalue weighted by Gasteiger charge is 2.26. The maximum atomic E-state index is 12.5. The van der Waals surface area contributed by atoms with E-state index in [-0.39, 0.29) is 18.4 Å². The third-order valence-electron chi connectivity index (χ3n) is 5.02. The SMILES string of the molecule is CCOC(=O)c1cc(CC)sc1NC(=O)CN1CCN(CC(=O)NC2CC2)CC1. The molecule has 1 saturated carbocycles. The summed E-state index contributed by atoms with van der Waals surface area (Å²) >= 11 is 1.42. The number of carbonyl (C=O) groups is 3. The van der Waals surface area contributed by atoms with Crippen LogP contribution in [0.1, 0.15) is 41.9 Å². The standard InChI is InChI=1S/C20H30N4O4S/c1-3-15-11-16(20(27)28-4-2)19(29-15)22-18(26)13-24-9-7-23(8-10-24)12-17(25)21-14-5-6-14/h11,14H,3-10,12-13H2,1-2H3,(H,21,25)(H,22,26). The molecule has 3 rings (SSSR count). The molecule has 29 heavy (non-hydrogen) atoms. The van der Waals surface area contributed by atoms with Crippen molar-refractivity contribution in [3.63, 3.8) is 0 Å². The zero-order chi connectivity index (χ0) is 20.8. The molecule has 1 saturated heterocycles. The highest BCUT2D eigenvalue weighted by molar-refractivity contribution is 7.16. The summed E-state index contributed by atoms with van der Waals surface area (Å²) in [6.07, 6.45) is 2.98. The van der Waals surface area contributed by atoms with Crippen molar-refractivity contribution in [1.29, 1.82) is 0 Å². The van der Waals surface area contributed by atoms with E-state index < -0.39 is 5.97 Å². The smallest absolute Gasteiger partial charge is 0.341 e. The number of thiophene rings is 1. The van der Waals surface area contributed by atoms with E-state index in [2.05, 4.69) is 20.4 Å². The molecular weight excluding hydrogens is 392 g/mol. The molecule has 1 aromatic heterocycles. The van der Waals surface area contributed by atoms with Gasteiger partial charge in [0.1, 0.15) is 5.00 Å². The Hall–Kier alpha value is -1.97. The number of piperazine rings is 1. The Morgan fingerprint density at radius 1 is 1.07 bits per heavy atom. The van der Waals surface area contributed by atoms with Gasteiger partial charge in [-0.2, -0.15) is 0 Å². The van der Waals surface area contributed by atoms with Gasteiger partial charge in [0.15, 0.2) is 0 Å². The first-order valence-corrected chi connectivity index (χ1v) is 11.1. The molecule has 2 amide bonds. The Balaban J connectivity index is 1.46. The maximum Gasteiger partial charge on any atom is 0.341 e. The first-order chi connectivity index (χ1) is 14.0. The van der Waals surface area contributed by atoms with Crippen LogP contribution in [0.25, 0.3) is 0 Å². The van der Waals surface area contributed by atoms with Crippen LogP contribution in [-0.4, -0.2) is 79.5 Å². The van der Waals surface area contributed by atoms with E-state index >= 15 is 0 Å². The fourth-order valence-corrected chi connectivity index (χ4v) is 4.25. The second-order valence-corrected chi connectivity index (χ2v) is 8.61. The number of hydrogen-bond donors (Lipinski definition) is 2. The van der Waals surface area contributed by atoms with Crippen LogP contribution in [0.5, 0.6) is 0 Å². The normalized spacial score (nSPS) is 17.7. The Bertz CT molecular complexity index is 739. The molecule has 2 fully saturated rings. The highest BCUT2D eigenvalue weighted by Crippen LogP contribution is 2.29. The third-order valence-corrected chi connectivity index (χ3v) is 6.22. The van der Waals surface area contributed by atoms with Gasteiger partial charge in [0.05, 0.1) is 25.3 Å². The monoisotopic (exact) mass is 422 g/mol. The Labute approximate surface area is 175 Å². The van der Waals surface area contributed by atoms with Crippen molar-refractivity contribution in [2.45, 2.75) is 39.2 Å². The maximum absolute atomic E-state index is 12.5. The van der Waals surface area contributed by atoms with Gasteiger partial charge in [-0.05, 0) is 32.3 Å². The third kappa shape index (κ3) is 6.52. The van der Waals surface area contributed by atoms with Gasteiger partial charge < -0.3 is 15.4 Å². The van der Waals surface area contributed by atoms with Crippen molar-refractivity contribution in [3.05, 3.63) is 16.5 Å². The Morgan fingerprint density at radius 3 is 2.24 bits per heavy atom. The zero-order valence-electron chi connectivity index (χ0n) is 17.2. The second-order valence-electron chi connectivity index (χ2n) is 7.47. The summed E-state index contributed by atoms with van der Waals surface area (Å²) in [5.41, 5.74) is 0.425. The number of ether oxygens (including phenoxy) is 1. The summed E-state index contributed by atoms with van der Waals surface area (Å²) in [4.78, 5) is 41.8. The van der Waals surface area contributed by atoms with Crippen molar-refractivity contribution >= 4 is 34.1 Å². The summed E-state index contributed by atoms with van der Waals surface area (Å²) in [5.74, 6) is -0.452. The lowest BCUT2D eigenvalue weighted by Crippen LogP contribution is -2.51. The van der Waals surface area contributed by atoms with Crippen LogP contribution in [0.3, 0.4) is 0 Å². The number of hydrogen-bond acceptors (Lipinski definition) is 7. The number of anilines is 1. The van der Waals surface area contributed by atoms with Crippen LogP contribution in [-0.2, 0) is 20.7 Å². The molecule has 9 heteroatoms. The lowest BCUT2D eigenvalue weighted by Gasteiger charge is -2.33. The first-order valence-electron chi connectivity index (χ1n) is 10.3. The van der Waals surface area contributed by atoms with Crippen LogP contribution in [0, 0.1) is 0 Å². The number of amides is 2. The molecule has 0 bridgehead atoms. The molecule has 0 spiro atoms. The summed E-state index contributed by atoms with van der Waals surface area (Å²) in [7, 11) is 0. The van der Waals surface area contributed by atoms with E-state index in [9.17, 15) is 14.4 Å². The lowest BCUT2D eigenvalue weighted by atomic mass is 10.2. The minimum atomic E-state index is -0.406. The number of carbonyl (C=O) groups excluding carboxylic acids is 3. The van der Waals surface area contributed by atoms with Gasteiger partial charge in [-0.25, -0.2) is 4.79 Å². The van der Waals surface area contributed by atoms with Gasteiger partial charge in [0.2, 0.25) is 11.8 Å². The lowest BCUT2D eigenvalue weighted by molar-refractivity contribution is -0.123. The molecule has 0 aromatic carbocycles. The van der Waals surface area contributed by atoms with Crippen molar-refractivity contribution in [3.8, 4) is 0 Å². The van der Waals surface area contributed by atoms with Crippen LogP contribution in [0.15, 0.2) is 6.07 Å². The highest BCUT2D eigenvalue weighted by atomic mass is 32.1. The Morgan fingerprint density at radius 2 is 1.69 bits per heavy atom. The molecule has 1 aliphatic carbocycles. The number of nitrogens with zero attached hydrogens (tertiary/aromatic N) is 2. The number of rotatable bonds is 9. The summed E-state index contributed by atoms with van der Waals surface area (Å²) in [6.45, 7) is 7.76. The van der Waals surface area contributed by atoms with Gasteiger partial charge in [0.25, 0.3) is 0 Å². The quantitative estimate of drug-likeness (QED) is 0.584. The zero-order valence-corrected chi connectivity index (χ0v) is 18.0. The van der Waals surface area contributed by atoms with Crippen molar-refractivity contribution in [2.24, 2.45) is 0 Å². The predicted octanol–water partition coefficient (Wildman–Crippen LogP) is 1.32.